The predicted molar refractivity (Wildman–Crippen MR) is 42.7 cm³/mol. The van der Waals surface area contributed by atoms with Crippen molar-refractivity contribution in [1.29, 1.82) is 0 Å². The summed E-state index contributed by atoms with van der Waals surface area (Å²) >= 11 is 0. The van der Waals surface area contributed by atoms with E-state index in [0.717, 1.165) is 6.61 Å². The molecule has 1 nitrogen and oxygen atoms in total. The van der Waals surface area contributed by atoms with Crippen LogP contribution in [0.3, 0.4) is 0 Å². The summed E-state index contributed by atoms with van der Waals surface area (Å²) in [6.07, 6.45) is 2.83. The smallest absolute Gasteiger partial charge is 0.0518 e. The van der Waals surface area contributed by atoms with Gasteiger partial charge >= 0.3 is 0 Å². The zero-order valence-electron chi connectivity index (χ0n) is 6.11. The summed E-state index contributed by atoms with van der Waals surface area (Å²) in [7, 11) is 0. The maximum absolute atomic E-state index is 5.28. The Bertz CT molecular complexity index is 41.8. The van der Waals surface area contributed by atoms with Crippen LogP contribution < -0.4 is 0 Å². The van der Waals surface area contributed by atoms with Crippen molar-refractivity contribution in [2.45, 2.75) is 47.1 Å². The van der Waals surface area contributed by atoms with Crippen molar-refractivity contribution in [2.24, 2.45) is 0 Å². The van der Waals surface area contributed by atoms with Crippen LogP contribution in [0, 0.1) is 0 Å². The van der Waals surface area contributed by atoms with E-state index in [4.69, 9.17) is 4.74 Å². The second-order valence-electron chi connectivity index (χ2n) is 2.27. The molecule has 0 aromatic carbocycles. The minimum Gasteiger partial charge on any atom is -0.379 e. The van der Waals surface area contributed by atoms with Crippen molar-refractivity contribution in [3.63, 3.8) is 0 Å². The molecule has 1 heteroatoms. The second kappa shape index (κ2) is 7.96. The number of ether oxygens (including phenoxy) is 1. The van der Waals surface area contributed by atoms with Crippen LogP contribution in [0.4, 0.5) is 0 Å². The van der Waals surface area contributed by atoms with Crippen LogP contribution in [0.2, 0.25) is 0 Å². The Morgan fingerprint density at radius 2 is 1.89 bits per heavy atom. The molecule has 0 aromatic heterocycles. The Balaban J connectivity index is 0. The Hall–Kier alpha value is -0.0400. The normalized spacial score (nSPS) is 9.33. The van der Waals surface area contributed by atoms with Crippen molar-refractivity contribution in [2.75, 3.05) is 6.61 Å². The molecule has 9 heavy (non-hydrogen) atoms. The van der Waals surface area contributed by atoms with E-state index in [1.54, 1.807) is 0 Å². The lowest BCUT2D eigenvalue weighted by Crippen LogP contribution is -2.02. The van der Waals surface area contributed by atoms with Gasteiger partial charge in [0.25, 0.3) is 0 Å². The first-order valence-corrected chi connectivity index (χ1v) is 3.39. The van der Waals surface area contributed by atoms with Crippen LogP contribution in [0.25, 0.3) is 0 Å². The zero-order valence-corrected chi connectivity index (χ0v) is 6.11. The van der Waals surface area contributed by atoms with Crippen LogP contribution in [0.1, 0.15) is 41.0 Å². The third-order valence-corrected chi connectivity index (χ3v) is 0.949. The van der Waals surface area contributed by atoms with Crippen LogP contribution in [0.15, 0.2) is 0 Å². The summed E-state index contributed by atoms with van der Waals surface area (Å²) in [4.78, 5) is 0. The number of rotatable bonds is 4. The molecule has 0 spiro atoms. The van der Waals surface area contributed by atoms with Gasteiger partial charge in [0, 0.05) is 6.61 Å². The molecule has 0 fully saturated rings. The van der Waals surface area contributed by atoms with Crippen LogP contribution in [0.5, 0.6) is 0 Å². The van der Waals surface area contributed by atoms with Gasteiger partial charge in [-0.05, 0) is 20.3 Å². The summed E-state index contributed by atoms with van der Waals surface area (Å²) in [5, 5.41) is 0. The van der Waals surface area contributed by atoms with Gasteiger partial charge in [-0.3, -0.25) is 0 Å². The minimum absolute atomic E-state index is 0. The molecule has 0 aromatic rings. The van der Waals surface area contributed by atoms with Gasteiger partial charge in [0.1, 0.15) is 0 Å². The SMILES string of the molecule is C.CCCCOC(C)C. The Labute approximate surface area is 59.4 Å². The first-order valence-electron chi connectivity index (χ1n) is 3.39. The number of hydrogen-bond acceptors (Lipinski definition) is 1. The molecule has 0 rings (SSSR count). The van der Waals surface area contributed by atoms with Crippen molar-refractivity contribution in [1.82, 2.24) is 0 Å². The molecular weight excluding hydrogens is 112 g/mol. The molecule has 0 bridgehead atoms. The summed E-state index contributed by atoms with van der Waals surface area (Å²) in [5.41, 5.74) is 0. The lowest BCUT2D eigenvalue weighted by Gasteiger charge is -2.04. The molecule has 0 saturated heterocycles. The first-order chi connectivity index (χ1) is 3.77. The van der Waals surface area contributed by atoms with E-state index in [1.165, 1.54) is 12.8 Å². The lowest BCUT2D eigenvalue weighted by molar-refractivity contribution is 0.0767. The Morgan fingerprint density at radius 3 is 2.22 bits per heavy atom. The summed E-state index contributed by atoms with van der Waals surface area (Å²) in [6.45, 7) is 7.23. The number of hydrogen-bond donors (Lipinski definition) is 0. The molecule has 0 N–H and O–H groups in total. The van der Waals surface area contributed by atoms with Gasteiger partial charge in [-0.15, -0.1) is 0 Å². The molecule has 0 unspecified atom stereocenters. The summed E-state index contributed by atoms with van der Waals surface area (Å²) < 4.78 is 5.28. The molecule has 0 aliphatic heterocycles. The monoisotopic (exact) mass is 132 g/mol. The highest BCUT2D eigenvalue weighted by molar-refractivity contribution is 4.36. The third kappa shape index (κ3) is 11.5. The fraction of sp³-hybridized carbons (Fsp3) is 1.00. The molecule has 0 heterocycles. The second-order valence-corrected chi connectivity index (χ2v) is 2.27. The molecule has 0 saturated carbocycles. The maximum atomic E-state index is 5.28. The van der Waals surface area contributed by atoms with E-state index >= 15 is 0 Å². The van der Waals surface area contributed by atoms with Gasteiger partial charge in [0.05, 0.1) is 6.10 Å². The van der Waals surface area contributed by atoms with E-state index in [1.807, 2.05) is 0 Å². The Morgan fingerprint density at radius 1 is 1.33 bits per heavy atom. The average Bonchev–Trinajstić information content (AvgIpc) is 1.66. The summed E-state index contributed by atoms with van der Waals surface area (Å²) in [6, 6.07) is 0. The highest BCUT2D eigenvalue weighted by Crippen LogP contribution is 1.91. The van der Waals surface area contributed by atoms with Crippen molar-refractivity contribution >= 4 is 0 Å². The van der Waals surface area contributed by atoms with Gasteiger partial charge in [0.15, 0.2) is 0 Å². The molecule has 0 radical (unpaired) electrons. The minimum atomic E-state index is 0. The van der Waals surface area contributed by atoms with Crippen molar-refractivity contribution in [3.05, 3.63) is 0 Å². The fourth-order valence-corrected chi connectivity index (χ4v) is 0.463. The zero-order chi connectivity index (χ0) is 6.41. The molecule has 0 aliphatic carbocycles. The predicted octanol–water partition coefficient (Wildman–Crippen LogP) is 2.85. The van der Waals surface area contributed by atoms with E-state index in [0.29, 0.717) is 6.10 Å². The first kappa shape index (κ1) is 11.7. The van der Waals surface area contributed by atoms with Crippen LogP contribution >= 0.6 is 0 Å². The highest BCUT2D eigenvalue weighted by Gasteiger charge is 1.89. The van der Waals surface area contributed by atoms with Gasteiger partial charge in [-0.1, -0.05) is 20.8 Å². The largest absolute Gasteiger partial charge is 0.379 e. The van der Waals surface area contributed by atoms with Crippen molar-refractivity contribution < 1.29 is 4.74 Å². The van der Waals surface area contributed by atoms with E-state index < -0.39 is 0 Å². The summed E-state index contributed by atoms with van der Waals surface area (Å²) in [5.74, 6) is 0. The van der Waals surface area contributed by atoms with Gasteiger partial charge in [0.2, 0.25) is 0 Å². The molecular formula is C8H20O. The molecule has 58 valence electrons. The quantitative estimate of drug-likeness (QED) is 0.534. The van der Waals surface area contributed by atoms with E-state index in [2.05, 4.69) is 20.8 Å². The van der Waals surface area contributed by atoms with Gasteiger partial charge in [-0.25, -0.2) is 0 Å². The molecule has 0 amide bonds. The molecule has 0 aliphatic rings. The lowest BCUT2D eigenvalue weighted by atomic mass is 10.3. The fourth-order valence-electron chi connectivity index (χ4n) is 0.463. The van der Waals surface area contributed by atoms with Crippen molar-refractivity contribution in [3.8, 4) is 0 Å². The van der Waals surface area contributed by atoms with Crippen LogP contribution in [-0.2, 0) is 4.74 Å². The third-order valence-electron chi connectivity index (χ3n) is 0.949. The average molecular weight is 132 g/mol. The van der Waals surface area contributed by atoms with E-state index in [-0.39, 0.29) is 7.43 Å². The Kier molecular flexibility index (Phi) is 10.4. The van der Waals surface area contributed by atoms with Gasteiger partial charge in [-0.2, -0.15) is 0 Å². The standard InChI is InChI=1S/C7H16O.CH4/c1-4-5-6-8-7(2)3;/h7H,4-6H2,1-3H3;1H4. The topological polar surface area (TPSA) is 9.23 Å². The molecule has 0 atom stereocenters. The highest BCUT2D eigenvalue weighted by atomic mass is 16.5. The maximum Gasteiger partial charge on any atom is 0.0518 e. The van der Waals surface area contributed by atoms with Crippen LogP contribution in [-0.4, -0.2) is 12.7 Å². The van der Waals surface area contributed by atoms with E-state index in [9.17, 15) is 0 Å². The van der Waals surface area contributed by atoms with Gasteiger partial charge < -0.3 is 4.74 Å². The number of unbranched alkanes of at least 4 members (excludes halogenated alkanes) is 1.